The number of thioether (sulfide) groups is 1. The molecule has 2 nitrogen and oxygen atoms in total. The van der Waals surface area contributed by atoms with Crippen molar-refractivity contribution in [2.45, 2.75) is 25.8 Å². The van der Waals surface area contributed by atoms with Crippen molar-refractivity contribution in [3.05, 3.63) is 0 Å². The Hall–Kier alpha value is 0.270. The van der Waals surface area contributed by atoms with E-state index in [2.05, 4.69) is 12.2 Å². The number of nitrogens with one attached hydrogen (secondary N) is 1. The molecule has 2 N–H and O–H groups in total. The summed E-state index contributed by atoms with van der Waals surface area (Å²) < 4.78 is 0. The van der Waals surface area contributed by atoms with Gasteiger partial charge in [0.1, 0.15) is 0 Å². The summed E-state index contributed by atoms with van der Waals surface area (Å²) in [5.74, 6) is 2.72. The Balaban J connectivity index is 1.75. The predicted octanol–water partition coefficient (Wildman–Crippen LogP) is 1.10. The first-order chi connectivity index (χ1) is 5.83. The van der Waals surface area contributed by atoms with E-state index < -0.39 is 0 Å². The molecular formula is C9H19NOS. The van der Waals surface area contributed by atoms with Gasteiger partial charge in [-0.15, -0.1) is 0 Å². The van der Waals surface area contributed by atoms with E-state index in [-0.39, 0.29) is 0 Å². The lowest BCUT2D eigenvalue weighted by molar-refractivity contribution is 0.250. The molecule has 0 aliphatic heterocycles. The van der Waals surface area contributed by atoms with Gasteiger partial charge < -0.3 is 10.4 Å². The largest absolute Gasteiger partial charge is 0.396 e. The van der Waals surface area contributed by atoms with E-state index in [0.29, 0.717) is 12.5 Å². The number of aliphatic hydroxyl groups is 1. The quantitative estimate of drug-likeness (QED) is 0.588. The second kappa shape index (κ2) is 5.84. The Labute approximate surface area is 79.1 Å². The van der Waals surface area contributed by atoms with Crippen molar-refractivity contribution in [1.82, 2.24) is 5.32 Å². The molecule has 0 aromatic heterocycles. The number of hydrogen-bond donors (Lipinski definition) is 2. The van der Waals surface area contributed by atoms with Gasteiger partial charge in [0.25, 0.3) is 0 Å². The lowest BCUT2D eigenvalue weighted by atomic mass is 10.2. The first kappa shape index (κ1) is 10.4. The maximum Gasteiger partial charge on any atom is 0.0464 e. The molecule has 1 aliphatic rings. The molecule has 1 fully saturated rings. The van der Waals surface area contributed by atoms with Gasteiger partial charge in [-0.2, -0.15) is 11.8 Å². The Bertz CT molecular complexity index is 117. The molecule has 12 heavy (non-hydrogen) atoms. The number of rotatable bonds is 7. The lowest BCUT2D eigenvalue weighted by Crippen LogP contribution is -2.19. The van der Waals surface area contributed by atoms with E-state index in [9.17, 15) is 0 Å². The fourth-order valence-electron chi connectivity index (χ4n) is 0.960. The van der Waals surface area contributed by atoms with E-state index in [1.165, 1.54) is 18.6 Å². The summed E-state index contributed by atoms with van der Waals surface area (Å²) in [7, 11) is 0. The van der Waals surface area contributed by atoms with Crippen molar-refractivity contribution in [2.75, 3.05) is 24.7 Å². The van der Waals surface area contributed by atoms with Gasteiger partial charge in [-0.1, -0.05) is 6.92 Å². The van der Waals surface area contributed by atoms with Crippen LogP contribution in [0.25, 0.3) is 0 Å². The Morgan fingerprint density at radius 2 is 2.33 bits per heavy atom. The van der Waals surface area contributed by atoms with Crippen LogP contribution in [0, 0.1) is 5.92 Å². The van der Waals surface area contributed by atoms with Crippen LogP contribution in [0.15, 0.2) is 0 Å². The highest BCUT2D eigenvalue weighted by Crippen LogP contribution is 2.18. The maximum absolute atomic E-state index is 8.76. The van der Waals surface area contributed by atoms with Crippen molar-refractivity contribution in [3.63, 3.8) is 0 Å². The normalized spacial score (nSPS) is 19.5. The van der Waals surface area contributed by atoms with Gasteiger partial charge in [-0.25, -0.2) is 0 Å². The number of aliphatic hydroxyl groups excluding tert-OH is 1. The molecule has 1 rings (SSSR count). The molecule has 72 valence electrons. The lowest BCUT2D eigenvalue weighted by Gasteiger charge is -2.07. The van der Waals surface area contributed by atoms with Crippen LogP contribution in [0.4, 0.5) is 0 Å². The summed E-state index contributed by atoms with van der Waals surface area (Å²) in [5, 5.41) is 12.2. The summed E-state index contributed by atoms with van der Waals surface area (Å²) >= 11 is 1.93. The second-order valence-corrected chi connectivity index (χ2v) is 4.74. The van der Waals surface area contributed by atoms with Crippen LogP contribution in [0.3, 0.4) is 0 Å². The monoisotopic (exact) mass is 189 g/mol. The molecule has 1 atom stereocenters. The molecule has 0 heterocycles. The second-order valence-electron chi connectivity index (χ2n) is 3.59. The minimum absolute atomic E-state index is 0.322. The molecule has 0 amide bonds. The summed E-state index contributed by atoms with van der Waals surface area (Å²) in [6.07, 6.45) is 2.75. The smallest absolute Gasteiger partial charge is 0.0464 e. The molecular weight excluding hydrogens is 170 g/mol. The highest BCUT2D eigenvalue weighted by atomic mass is 32.2. The highest BCUT2D eigenvalue weighted by Gasteiger charge is 2.19. The van der Waals surface area contributed by atoms with Crippen LogP contribution in [-0.4, -0.2) is 35.8 Å². The Morgan fingerprint density at radius 3 is 2.92 bits per heavy atom. The average Bonchev–Trinajstić information content (AvgIpc) is 2.87. The van der Waals surface area contributed by atoms with Crippen LogP contribution in [0.2, 0.25) is 0 Å². The van der Waals surface area contributed by atoms with Crippen molar-refractivity contribution in [2.24, 2.45) is 5.92 Å². The van der Waals surface area contributed by atoms with Crippen LogP contribution in [-0.2, 0) is 0 Å². The molecule has 0 saturated heterocycles. The van der Waals surface area contributed by atoms with Gasteiger partial charge in [0.05, 0.1) is 0 Å². The molecule has 0 spiro atoms. The number of hydrogen-bond acceptors (Lipinski definition) is 3. The van der Waals surface area contributed by atoms with Crippen molar-refractivity contribution < 1.29 is 5.11 Å². The van der Waals surface area contributed by atoms with Crippen molar-refractivity contribution in [3.8, 4) is 0 Å². The van der Waals surface area contributed by atoms with Crippen LogP contribution in [0.5, 0.6) is 0 Å². The minimum Gasteiger partial charge on any atom is -0.396 e. The summed E-state index contributed by atoms with van der Waals surface area (Å²) in [4.78, 5) is 0. The Morgan fingerprint density at radius 1 is 1.58 bits per heavy atom. The summed E-state index contributed by atoms with van der Waals surface area (Å²) in [6, 6.07) is 0.834. The van der Waals surface area contributed by atoms with E-state index in [1.807, 2.05) is 11.8 Å². The van der Waals surface area contributed by atoms with Gasteiger partial charge in [0, 0.05) is 24.9 Å². The van der Waals surface area contributed by atoms with E-state index >= 15 is 0 Å². The fraction of sp³-hybridized carbons (Fsp3) is 1.00. The molecule has 1 saturated carbocycles. The standard InChI is InChI=1S/C9H19NOS/c1-8(6-11)7-12-5-4-10-9-2-3-9/h8-11H,2-7H2,1H3. The molecule has 1 aliphatic carbocycles. The molecule has 0 bridgehead atoms. The molecule has 0 aromatic carbocycles. The van der Waals surface area contributed by atoms with Gasteiger partial charge in [0.15, 0.2) is 0 Å². The van der Waals surface area contributed by atoms with E-state index in [0.717, 1.165) is 18.3 Å². The zero-order chi connectivity index (χ0) is 8.81. The zero-order valence-corrected chi connectivity index (χ0v) is 8.57. The summed E-state index contributed by atoms with van der Waals surface area (Å²) in [6.45, 7) is 3.54. The van der Waals surface area contributed by atoms with Gasteiger partial charge in [-0.05, 0) is 24.5 Å². The van der Waals surface area contributed by atoms with Crippen LogP contribution >= 0.6 is 11.8 Å². The van der Waals surface area contributed by atoms with Gasteiger partial charge >= 0.3 is 0 Å². The minimum atomic E-state index is 0.322. The van der Waals surface area contributed by atoms with Crippen LogP contribution in [0.1, 0.15) is 19.8 Å². The van der Waals surface area contributed by atoms with Gasteiger partial charge in [0.2, 0.25) is 0 Å². The topological polar surface area (TPSA) is 32.3 Å². The third-order valence-electron chi connectivity index (χ3n) is 1.97. The molecule has 3 heteroatoms. The maximum atomic E-state index is 8.76. The van der Waals surface area contributed by atoms with Gasteiger partial charge in [-0.3, -0.25) is 0 Å². The average molecular weight is 189 g/mol. The Kier molecular flexibility index (Phi) is 5.04. The summed E-state index contributed by atoms with van der Waals surface area (Å²) in [5.41, 5.74) is 0. The van der Waals surface area contributed by atoms with Crippen LogP contribution < -0.4 is 5.32 Å². The third-order valence-corrected chi connectivity index (χ3v) is 3.27. The van der Waals surface area contributed by atoms with Crippen molar-refractivity contribution in [1.29, 1.82) is 0 Å². The van der Waals surface area contributed by atoms with E-state index in [4.69, 9.17) is 5.11 Å². The first-order valence-electron chi connectivity index (χ1n) is 4.75. The fourth-order valence-corrected chi connectivity index (χ4v) is 1.90. The van der Waals surface area contributed by atoms with E-state index in [1.54, 1.807) is 0 Å². The third kappa shape index (κ3) is 5.01. The predicted molar refractivity (Wildman–Crippen MR) is 54.6 cm³/mol. The van der Waals surface area contributed by atoms with Crippen molar-refractivity contribution >= 4 is 11.8 Å². The first-order valence-corrected chi connectivity index (χ1v) is 5.90. The molecule has 1 unspecified atom stereocenters. The SMILES string of the molecule is CC(CO)CSCCNC1CC1. The molecule has 0 aromatic rings. The highest BCUT2D eigenvalue weighted by molar-refractivity contribution is 7.99. The zero-order valence-electron chi connectivity index (χ0n) is 7.75. The molecule has 0 radical (unpaired) electrons.